The van der Waals surface area contributed by atoms with Gasteiger partial charge in [0.1, 0.15) is 11.4 Å². The molecule has 0 spiro atoms. The largest absolute Gasteiger partial charge is 0.493 e. The molecule has 7 rings (SSSR count). The van der Waals surface area contributed by atoms with E-state index < -0.39 is 5.97 Å². The normalized spacial score (nSPS) is 14.4. The molecule has 3 aromatic carbocycles. The number of anilines is 3. The number of aryl methyl sites for hydroxylation is 2. The van der Waals surface area contributed by atoms with Crippen LogP contribution in [0.1, 0.15) is 73.8 Å². The van der Waals surface area contributed by atoms with Gasteiger partial charge in [0.05, 0.1) is 49.4 Å². The van der Waals surface area contributed by atoms with E-state index in [1.165, 1.54) is 14.2 Å². The van der Waals surface area contributed by atoms with Gasteiger partial charge >= 0.3 is 5.97 Å². The van der Waals surface area contributed by atoms with Crippen molar-refractivity contribution in [3.05, 3.63) is 108 Å². The van der Waals surface area contributed by atoms with E-state index in [4.69, 9.17) is 14.2 Å². The summed E-state index contributed by atoms with van der Waals surface area (Å²) in [5.41, 5.74) is 5.40. The zero-order valence-corrected chi connectivity index (χ0v) is 33.2. The molecule has 5 aromatic rings. The summed E-state index contributed by atoms with van der Waals surface area (Å²) >= 11 is 0. The fourth-order valence-corrected chi connectivity index (χ4v) is 7.17. The lowest BCUT2D eigenvalue weighted by molar-refractivity contribution is -0.116. The highest BCUT2D eigenvalue weighted by atomic mass is 16.5. The fourth-order valence-electron chi connectivity index (χ4n) is 7.17. The van der Waals surface area contributed by atoms with Crippen LogP contribution in [-0.2, 0) is 23.6 Å². The molecule has 2 aromatic heterocycles. The Bertz CT molecular complexity index is 2430. The SMILES string of the molecule is COC(=O)c1ccc(NC(=O)c2cc(-c3ccc(NC(=O)c4cc(NC(=O)CCCOc5cc6c(cc5OC)C(=O)N5CCCC[C@H]5C=N6)cn4C)cc3)cn2C)cc1. The van der Waals surface area contributed by atoms with Crippen LogP contribution in [0, 0.1) is 0 Å². The first kappa shape index (κ1) is 40.1. The summed E-state index contributed by atoms with van der Waals surface area (Å²) in [5, 5.41) is 8.59. The molecule has 4 heterocycles. The minimum absolute atomic E-state index is 0.0134. The Morgan fingerprint density at radius 1 is 0.763 bits per heavy atom. The minimum atomic E-state index is -0.459. The summed E-state index contributed by atoms with van der Waals surface area (Å²) in [5.74, 6) is -0.561. The lowest BCUT2D eigenvalue weighted by atomic mass is 10.0. The number of rotatable bonds is 13. The molecule has 304 valence electrons. The molecule has 15 nitrogen and oxygen atoms in total. The molecule has 1 fully saturated rings. The zero-order valence-electron chi connectivity index (χ0n) is 33.2. The van der Waals surface area contributed by atoms with Gasteiger partial charge in [0.25, 0.3) is 17.7 Å². The molecule has 0 saturated carbocycles. The maximum Gasteiger partial charge on any atom is 0.337 e. The first-order valence-corrected chi connectivity index (χ1v) is 19.3. The number of nitrogens with one attached hydrogen (secondary N) is 3. The van der Waals surface area contributed by atoms with Crippen molar-refractivity contribution >= 4 is 58.6 Å². The highest BCUT2D eigenvalue weighted by molar-refractivity contribution is 6.06. The number of esters is 1. The van der Waals surface area contributed by atoms with E-state index in [1.807, 2.05) is 29.4 Å². The molecule has 3 N–H and O–H groups in total. The standard InChI is InChI=1S/C44H45N7O8/c1-49-25-29(20-36(49)41(53)47-31-16-12-28(13-17-31)44(56)58-4)27-10-14-30(15-11-27)48-42(54)37-21-32(26-50(37)2)46-40(52)9-7-19-59-39-23-35-34(22-38(39)57-3)43(55)51-18-6-5-8-33(51)24-45-35/h10-17,20-26,33H,5-9,18-19H2,1-4H3,(H,46,52)(H,47,53)(H,48,54)/t33-/m0/s1. The van der Waals surface area contributed by atoms with Gasteiger partial charge in [-0.2, -0.15) is 0 Å². The Balaban J connectivity index is 0.894. The van der Waals surface area contributed by atoms with E-state index in [-0.39, 0.29) is 42.7 Å². The van der Waals surface area contributed by atoms with Crippen molar-refractivity contribution < 1.29 is 38.2 Å². The molecule has 0 radical (unpaired) electrons. The second kappa shape index (κ2) is 17.5. The number of methoxy groups -OCH3 is 2. The number of nitrogens with zero attached hydrogens (tertiary/aromatic N) is 4. The summed E-state index contributed by atoms with van der Waals surface area (Å²) in [6, 6.07) is 20.4. The van der Waals surface area contributed by atoms with Gasteiger partial charge in [0, 0.05) is 68.7 Å². The van der Waals surface area contributed by atoms with Gasteiger partial charge in [-0.05, 0) is 85.8 Å². The van der Waals surface area contributed by atoms with Crippen molar-refractivity contribution in [1.82, 2.24) is 14.0 Å². The molecule has 0 unspecified atom stereocenters. The second-order valence-corrected chi connectivity index (χ2v) is 14.4. The van der Waals surface area contributed by atoms with E-state index in [2.05, 4.69) is 20.9 Å². The number of aromatic nitrogens is 2. The lowest BCUT2D eigenvalue weighted by Gasteiger charge is -2.32. The lowest BCUT2D eigenvalue weighted by Crippen LogP contribution is -2.43. The number of hydrogen-bond donors (Lipinski definition) is 3. The number of hydrogen-bond acceptors (Lipinski definition) is 9. The predicted octanol–water partition coefficient (Wildman–Crippen LogP) is 6.84. The van der Waals surface area contributed by atoms with E-state index in [0.717, 1.165) is 30.4 Å². The third-order valence-corrected chi connectivity index (χ3v) is 10.3. The predicted molar refractivity (Wildman–Crippen MR) is 223 cm³/mol. The van der Waals surface area contributed by atoms with Crippen LogP contribution in [0.4, 0.5) is 22.7 Å². The number of piperidine rings is 1. The van der Waals surface area contributed by atoms with E-state index in [1.54, 1.807) is 90.1 Å². The number of ether oxygens (including phenoxy) is 3. The summed E-state index contributed by atoms with van der Waals surface area (Å²) < 4.78 is 19.6. The molecule has 1 atom stereocenters. The number of benzene rings is 3. The number of aliphatic imine (C=N–C) groups is 1. The highest BCUT2D eigenvalue weighted by Gasteiger charge is 2.31. The van der Waals surface area contributed by atoms with Crippen LogP contribution in [0.25, 0.3) is 11.1 Å². The van der Waals surface area contributed by atoms with Crippen molar-refractivity contribution in [2.45, 2.75) is 38.1 Å². The second-order valence-electron chi connectivity index (χ2n) is 14.4. The Morgan fingerprint density at radius 2 is 1.44 bits per heavy atom. The Morgan fingerprint density at radius 3 is 2.14 bits per heavy atom. The first-order chi connectivity index (χ1) is 28.5. The molecule has 15 heteroatoms. The van der Waals surface area contributed by atoms with Gasteiger partial charge in [-0.1, -0.05) is 12.1 Å². The third kappa shape index (κ3) is 9.04. The van der Waals surface area contributed by atoms with Crippen molar-refractivity contribution in [3.8, 4) is 22.6 Å². The molecule has 2 aliphatic rings. The monoisotopic (exact) mass is 799 g/mol. The van der Waals surface area contributed by atoms with Crippen molar-refractivity contribution in [2.24, 2.45) is 19.1 Å². The topological polar surface area (TPSA) is 175 Å². The summed E-state index contributed by atoms with van der Waals surface area (Å²) in [7, 11) is 6.32. The molecular weight excluding hydrogens is 755 g/mol. The van der Waals surface area contributed by atoms with Gasteiger partial charge < -0.3 is 44.2 Å². The van der Waals surface area contributed by atoms with Gasteiger partial charge in [-0.15, -0.1) is 0 Å². The average molecular weight is 800 g/mol. The number of fused-ring (bicyclic) bond motifs is 2. The van der Waals surface area contributed by atoms with Crippen LogP contribution in [0.15, 0.2) is 90.2 Å². The van der Waals surface area contributed by atoms with E-state index in [9.17, 15) is 24.0 Å². The van der Waals surface area contributed by atoms with Gasteiger partial charge in [0.15, 0.2) is 11.5 Å². The van der Waals surface area contributed by atoms with Crippen LogP contribution in [0.5, 0.6) is 11.5 Å². The average Bonchev–Trinajstić information content (AvgIpc) is 3.78. The number of carbonyl (C=O) groups excluding carboxylic acids is 5. The summed E-state index contributed by atoms with van der Waals surface area (Å²) in [6.45, 7) is 0.931. The van der Waals surface area contributed by atoms with Crippen LogP contribution < -0.4 is 25.4 Å². The van der Waals surface area contributed by atoms with Crippen molar-refractivity contribution in [3.63, 3.8) is 0 Å². The van der Waals surface area contributed by atoms with Crippen LogP contribution in [0.3, 0.4) is 0 Å². The molecule has 2 aliphatic heterocycles. The quantitative estimate of drug-likeness (QED) is 0.0858. The smallest absolute Gasteiger partial charge is 0.337 e. The highest BCUT2D eigenvalue weighted by Crippen LogP contribution is 2.38. The molecule has 0 bridgehead atoms. The van der Waals surface area contributed by atoms with E-state index in [0.29, 0.717) is 69.7 Å². The van der Waals surface area contributed by atoms with Crippen LogP contribution in [-0.4, -0.2) is 83.3 Å². The molecule has 4 amide bonds. The maximum absolute atomic E-state index is 13.3. The van der Waals surface area contributed by atoms with Crippen molar-refractivity contribution in [1.29, 1.82) is 0 Å². The molecule has 1 saturated heterocycles. The van der Waals surface area contributed by atoms with Crippen molar-refractivity contribution in [2.75, 3.05) is 43.3 Å². The van der Waals surface area contributed by atoms with Crippen LogP contribution >= 0.6 is 0 Å². The summed E-state index contributed by atoms with van der Waals surface area (Å²) in [4.78, 5) is 70.6. The fraction of sp³-hybridized carbons (Fsp3) is 0.273. The third-order valence-electron chi connectivity index (χ3n) is 10.3. The van der Waals surface area contributed by atoms with Gasteiger partial charge in [-0.25, -0.2) is 4.79 Å². The first-order valence-electron chi connectivity index (χ1n) is 19.3. The van der Waals surface area contributed by atoms with Gasteiger partial charge in [-0.3, -0.25) is 24.2 Å². The minimum Gasteiger partial charge on any atom is -0.493 e. The Hall–Kier alpha value is -7.16. The zero-order chi connectivity index (χ0) is 41.6. The van der Waals surface area contributed by atoms with Gasteiger partial charge in [0.2, 0.25) is 5.91 Å². The molecular formula is C44H45N7O8. The maximum atomic E-state index is 13.3. The number of carbonyl (C=O) groups is 5. The number of amides is 4. The summed E-state index contributed by atoms with van der Waals surface area (Å²) in [6.07, 6.45) is 8.85. The van der Waals surface area contributed by atoms with Crippen LogP contribution in [0.2, 0.25) is 0 Å². The Kier molecular flexibility index (Phi) is 11.9. The van der Waals surface area contributed by atoms with E-state index >= 15 is 0 Å². The molecule has 0 aliphatic carbocycles. The molecule has 59 heavy (non-hydrogen) atoms. The Labute approximate surface area is 341 Å².